The van der Waals surface area contributed by atoms with Gasteiger partial charge in [-0.1, -0.05) is 23.8 Å². The Morgan fingerprint density at radius 1 is 1.11 bits per heavy atom. The quantitative estimate of drug-likeness (QED) is 0.836. The topological polar surface area (TPSA) is 66.4 Å². The van der Waals surface area contributed by atoms with Crippen LogP contribution in [0.25, 0.3) is 0 Å². The van der Waals surface area contributed by atoms with Crippen molar-refractivity contribution in [2.24, 2.45) is 11.8 Å². The van der Waals surface area contributed by atoms with Gasteiger partial charge < -0.3 is 10.4 Å². The number of halogens is 1. The van der Waals surface area contributed by atoms with E-state index < -0.39 is 17.8 Å². The van der Waals surface area contributed by atoms with Crippen molar-refractivity contribution >= 4 is 29.2 Å². The lowest BCUT2D eigenvalue weighted by Gasteiger charge is -2.24. The molecule has 0 radical (unpaired) electrons. The van der Waals surface area contributed by atoms with Crippen LogP contribution in [0, 0.1) is 11.8 Å². The minimum absolute atomic E-state index is 0.265. The molecule has 0 spiro atoms. The van der Waals surface area contributed by atoms with Crippen LogP contribution in [0.5, 0.6) is 0 Å². The highest BCUT2D eigenvalue weighted by Gasteiger charge is 2.33. The van der Waals surface area contributed by atoms with E-state index in [1.807, 2.05) is 12.2 Å². The number of carboxylic acid groups (broad SMARTS) is 1. The van der Waals surface area contributed by atoms with Gasteiger partial charge in [-0.25, -0.2) is 0 Å². The summed E-state index contributed by atoms with van der Waals surface area (Å²) in [4.78, 5) is 23.3. The number of benzene rings is 1. The van der Waals surface area contributed by atoms with Gasteiger partial charge in [-0.05, 0) is 37.1 Å². The molecule has 0 unspecified atom stereocenters. The monoisotopic (exact) mass is 279 g/mol. The molecule has 1 aromatic carbocycles. The summed E-state index contributed by atoms with van der Waals surface area (Å²) in [5, 5.41) is 12.4. The number of hydrogen-bond acceptors (Lipinski definition) is 2. The van der Waals surface area contributed by atoms with Crippen molar-refractivity contribution in [3.8, 4) is 0 Å². The summed E-state index contributed by atoms with van der Waals surface area (Å²) in [6.07, 6.45) is 4.51. The second kappa shape index (κ2) is 5.89. The number of hydrogen-bond donors (Lipinski definition) is 2. The number of rotatable bonds is 3. The summed E-state index contributed by atoms with van der Waals surface area (Å²) in [6, 6.07) is 6.72. The van der Waals surface area contributed by atoms with Crippen LogP contribution in [0.3, 0.4) is 0 Å². The van der Waals surface area contributed by atoms with Gasteiger partial charge in [0.05, 0.1) is 11.8 Å². The molecule has 0 saturated carbocycles. The highest BCUT2D eigenvalue weighted by Crippen LogP contribution is 2.27. The molecule has 0 aliphatic heterocycles. The molecule has 2 N–H and O–H groups in total. The van der Waals surface area contributed by atoms with Crippen LogP contribution < -0.4 is 5.32 Å². The SMILES string of the molecule is O=C(O)[C@H]1CC=CC[C@H]1C(=O)Nc1ccc(Cl)cc1. The molecule has 4 nitrogen and oxygen atoms in total. The van der Waals surface area contributed by atoms with Crippen molar-refractivity contribution in [3.05, 3.63) is 41.4 Å². The number of carbonyl (C=O) groups excluding carboxylic acids is 1. The summed E-state index contributed by atoms with van der Waals surface area (Å²) < 4.78 is 0. The van der Waals surface area contributed by atoms with E-state index in [1.54, 1.807) is 24.3 Å². The number of anilines is 1. The minimum atomic E-state index is -0.930. The van der Waals surface area contributed by atoms with Crippen LogP contribution in [0.15, 0.2) is 36.4 Å². The lowest BCUT2D eigenvalue weighted by Crippen LogP contribution is -2.34. The molecule has 2 atom stereocenters. The highest BCUT2D eigenvalue weighted by atomic mass is 35.5. The van der Waals surface area contributed by atoms with Crippen LogP contribution in [-0.2, 0) is 9.59 Å². The Morgan fingerprint density at radius 3 is 2.26 bits per heavy atom. The van der Waals surface area contributed by atoms with E-state index in [2.05, 4.69) is 5.32 Å². The maximum absolute atomic E-state index is 12.1. The Kier molecular flexibility index (Phi) is 4.22. The first-order chi connectivity index (χ1) is 9.08. The lowest BCUT2D eigenvalue weighted by molar-refractivity contribution is -0.146. The lowest BCUT2D eigenvalue weighted by atomic mass is 9.82. The third kappa shape index (κ3) is 3.35. The Labute approximate surface area is 116 Å². The molecule has 5 heteroatoms. The maximum Gasteiger partial charge on any atom is 0.307 e. The Balaban J connectivity index is 2.08. The molecule has 0 saturated heterocycles. The van der Waals surface area contributed by atoms with E-state index in [0.29, 0.717) is 23.6 Å². The van der Waals surface area contributed by atoms with E-state index in [0.717, 1.165) is 0 Å². The molecule has 19 heavy (non-hydrogen) atoms. The van der Waals surface area contributed by atoms with Gasteiger partial charge in [-0.2, -0.15) is 0 Å². The smallest absolute Gasteiger partial charge is 0.307 e. The molecule has 1 aliphatic rings. The van der Waals surface area contributed by atoms with Gasteiger partial charge in [0.15, 0.2) is 0 Å². The van der Waals surface area contributed by atoms with Gasteiger partial charge in [0.2, 0.25) is 5.91 Å². The molecule has 0 fully saturated rings. The standard InChI is InChI=1S/C14H14ClNO3/c15-9-5-7-10(8-6-9)16-13(17)11-3-1-2-4-12(11)14(18)19/h1-2,5-8,11-12H,3-4H2,(H,16,17)(H,18,19)/t11-,12+/m1/s1. The van der Waals surface area contributed by atoms with Gasteiger partial charge in [-0.15, -0.1) is 0 Å². The fraction of sp³-hybridized carbons (Fsp3) is 0.286. The molecule has 1 aromatic rings. The largest absolute Gasteiger partial charge is 0.481 e. The van der Waals surface area contributed by atoms with E-state index in [1.165, 1.54) is 0 Å². The maximum atomic E-state index is 12.1. The van der Waals surface area contributed by atoms with Gasteiger partial charge in [0, 0.05) is 10.7 Å². The zero-order chi connectivity index (χ0) is 13.8. The predicted octanol–water partition coefficient (Wildman–Crippen LogP) is 2.95. The summed E-state index contributed by atoms with van der Waals surface area (Å²) in [6.45, 7) is 0. The third-order valence-corrected chi connectivity index (χ3v) is 3.45. The molecular weight excluding hydrogens is 266 g/mol. The zero-order valence-electron chi connectivity index (χ0n) is 10.2. The molecule has 0 bridgehead atoms. The van der Waals surface area contributed by atoms with Gasteiger partial charge >= 0.3 is 5.97 Å². The van der Waals surface area contributed by atoms with Crippen molar-refractivity contribution in [1.29, 1.82) is 0 Å². The van der Waals surface area contributed by atoms with E-state index in [9.17, 15) is 9.59 Å². The first-order valence-corrected chi connectivity index (χ1v) is 6.40. The van der Waals surface area contributed by atoms with Crippen molar-refractivity contribution in [3.63, 3.8) is 0 Å². The fourth-order valence-corrected chi connectivity index (χ4v) is 2.27. The number of carbonyl (C=O) groups is 2. The summed E-state index contributed by atoms with van der Waals surface area (Å²) >= 11 is 5.76. The number of carboxylic acids is 1. The minimum Gasteiger partial charge on any atom is -0.481 e. The average molecular weight is 280 g/mol. The van der Waals surface area contributed by atoms with E-state index in [-0.39, 0.29) is 5.91 Å². The second-order valence-corrected chi connectivity index (χ2v) is 4.93. The number of amides is 1. The summed E-state index contributed by atoms with van der Waals surface area (Å²) in [7, 11) is 0. The Morgan fingerprint density at radius 2 is 1.68 bits per heavy atom. The number of nitrogens with one attached hydrogen (secondary N) is 1. The third-order valence-electron chi connectivity index (χ3n) is 3.20. The summed E-state index contributed by atoms with van der Waals surface area (Å²) in [5.41, 5.74) is 0.619. The average Bonchev–Trinajstić information content (AvgIpc) is 2.41. The van der Waals surface area contributed by atoms with E-state index in [4.69, 9.17) is 16.7 Å². The Bertz CT molecular complexity index is 510. The van der Waals surface area contributed by atoms with Crippen LogP contribution >= 0.6 is 11.6 Å². The molecule has 100 valence electrons. The Hall–Kier alpha value is -1.81. The van der Waals surface area contributed by atoms with Gasteiger partial charge in [0.25, 0.3) is 0 Å². The predicted molar refractivity (Wildman–Crippen MR) is 73.1 cm³/mol. The number of aliphatic carboxylic acids is 1. The van der Waals surface area contributed by atoms with Gasteiger partial charge in [0.1, 0.15) is 0 Å². The van der Waals surface area contributed by atoms with Crippen molar-refractivity contribution in [2.45, 2.75) is 12.8 Å². The van der Waals surface area contributed by atoms with Crippen LogP contribution in [0.2, 0.25) is 5.02 Å². The highest BCUT2D eigenvalue weighted by molar-refractivity contribution is 6.30. The second-order valence-electron chi connectivity index (χ2n) is 4.49. The first kappa shape index (κ1) is 13.6. The molecular formula is C14H14ClNO3. The molecule has 2 rings (SSSR count). The zero-order valence-corrected chi connectivity index (χ0v) is 10.9. The summed E-state index contributed by atoms with van der Waals surface area (Å²) in [5.74, 6) is -2.38. The van der Waals surface area contributed by atoms with Crippen LogP contribution in [-0.4, -0.2) is 17.0 Å². The van der Waals surface area contributed by atoms with Crippen molar-refractivity contribution < 1.29 is 14.7 Å². The molecule has 0 aromatic heterocycles. The molecule has 0 heterocycles. The molecule has 1 aliphatic carbocycles. The van der Waals surface area contributed by atoms with E-state index >= 15 is 0 Å². The normalized spacial score (nSPS) is 21.9. The van der Waals surface area contributed by atoms with Crippen molar-refractivity contribution in [2.75, 3.05) is 5.32 Å². The fourth-order valence-electron chi connectivity index (χ4n) is 2.15. The first-order valence-electron chi connectivity index (χ1n) is 6.02. The number of allylic oxidation sites excluding steroid dienone is 2. The van der Waals surface area contributed by atoms with Gasteiger partial charge in [-0.3, -0.25) is 9.59 Å². The van der Waals surface area contributed by atoms with Crippen LogP contribution in [0.4, 0.5) is 5.69 Å². The van der Waals surface area contributed by atoms with Crippen LogP contribution in [0.1, 0.15) is 12.8 Å². The molecule has 1 amide bonds. The van der Waals surface area contributed by atoms with Crippen molar-refractivity contribution in [1.82, 2.24) is 0 Å².